The average Bonchev–Trinajstić information content (AvgIpc) is 3.57. The lowest BCUT2D eigenvalue weighted by Gasteiger charge is -2.64. The lowest BCUT2D eigenvalue weighted by Crippen LogP contribution is -2.62. The van der Waals surface area contributed by atoms with Crippen molar-refractivity contribution < 1.29 is 19.7 Å². The van der Waals surface area contributed by atoms with Crippen molar-refractivity contribution in [2.75, 3.05) is 12.4 Å². The predicted octanol–water partition coefficient (Wildman–Crippen LogP) is 4.60. The molecular weight excluding hydrogens is 472 g/mol. The molecule has 1 aromatic heterocycles. The number of hydrogen-bond donors (Lipinski definition) is 2. The van der Waals surface area contributed by atoms with Gasteiger partial charge in [-0.05, 0) is 92.4 Å². The second-order valence-corrected chi connectivity index (χ2v) is 14.3. The van der Waals surface area contributed by atoms with Gasteiger partial charge in [0.1, 0.15) is 6.61 Å². The molecule has 2 heterocycles. The highest BCUT2D eigenvalue weighted by atomic mass is 32.2. The largest absolute Gasteiger partial charge is 0.458 e. The number of rotatable bonds is 6. The first-order chi connectivity index (χ1) is 17.2. The molecule has 0 spiro atoms. The molecule has 0 amide bonds. The fourth-order valence-electron chi connectivity index (χ4n) is 9.46. The van der Waals surface area contributed by atoms with Crippen LogP contribution in [0.4, 0.5) is 0 Å². The quantitative estimate of drug-likeness (QED) is 0.540. The molecular formula is C29H42N2O4S. The van der Waals surface area contributed by atoms with E-state index in [1.165, 1.54) is 32.1 Å². The summed E-state index contributed by atoms with van der Waals surface area (Å²) in [7, 11) is 0. The van der Waals surface area contributed by atoms with Gasteiger partial charge in [-0.3, -0.25) is 0 Å². The summed E-state index contributed by atoms with van der Waals surface area (Å²) in [5.74, 6) is 2.49. The molecule has 4 aliphatic carbocycles. The minimum atomic E-state index is -0.635. The molecule has 4 fully saturated rings. The summed E-state index contributed by atoms with van der Waals surface area (Å²) in [6, 6.07) is 0. The first-order valence-corrected chi connectivity index (χ1v) is 15.1. The Morgan fingerprint density at radius 2 is 2.03 bits per heavy atom. The van der Waals surface area contributed by atoms with E-state index in [1.54, 1.807) is 18.6 Å². The Morgan fingerprint density at radius 1 is 1.17 bits per heavy atom. The van der Waals surface area contributed by atoms with E-state index in [2.05, 4.69) is 18.8 Å². The van der Waals surface area contributed by atoms with E-state index in [9.17, 15) is 15.0 Å². The molecule has 5 aliphatic rings. The van der Waals surface area contributed by atoms with Crippen molar-refractivity contribution in [2.45, 2.75) is 95.1 Å². The number of aliphatic hydroxyl groups is 2. The average molecular weight is 515 g/mol. The fourth-order valence-corrected chi connectivity index (χ4v) is 10.7. The van der Waals surface area contributed by atoms with Gasteiger partial charge in [-0.15, -0.1) is 0 Å². The van der Waals surface area contributed by atoms with Gasteiger partial charge in [-0.25, -0.2) is 9.78 Å². The highest BCUT2D eigenvalue weighted by Crippen LogP contribution is 2.70. The van der Waals surface area contributed by atoms with Gasteiger partial charge in [0.05, 0.1) is 24.6 Å². The van der Waals surface area contributed by atoms with Gasteiger partial charge in [0.25, 0.3) is 0 Å². The third-order valence-corrected chi connectivity index (χ3v) is 12.9. The van der Waals surface area contributed by atoms with E-state index < -0.39 is 5.60 Å². The highest BCUT2D eigenvalue weighted by molar-refractivity contribution is 7.99. The van der Waals surface area contributed by atoms with Gasteiger partial charge >= 0.3 is 5.97 Å². The first-order valence-electron chi connectivity index (χ1n) is 14.1. The summed E-state index contributed by atoms with van der Waals surface area (Å²) >= 11 is 1.96. The van der Waals surface area contributed by atoms with Crippen molar-refractivity contribution in [3.63, 3.8) is 0 Å². The monoisotopic (exact) mass is 514 g/mol. The molecule has 198 valence electrons. The minimum Gasteiger partial charge on any atom is -0.458 e. The van der Waals surface area contributed by atoms with E-state index in [-0.39, 0.29) is 23.4 Å². The number of imidazole rings is 1. The number of ether oxygens (including phenoxy) is 1. The lowest BCUT2D eigenvalue weighted by molar-refractivity contribution is -0.203. The van der Waals surface area contributed by atoms with Gasteiger partial charge in [-0.2, -0.15) is 11.8 Å². The molecule has 0 radical (unpaired) electrons. The number of thioether (sulfide) groups is 1. The molecule has 0 bridgehead atoms. The molecule has 9 atom stereocenters. The first kappa shape index (κ1) is 25.0. The maximum Gasteiger partial charge on any atom is 0.331 e. The molecule has 0 aromatic carbocycles. The van der Waals surface area contributed by atoms with E-state index in [4.69, 9.17) is 4.74 Å². The normalized spacial score (nSPS) is 44.8. The summed E-state index contributed by atoms with van der Waals surface area (Å²) in [5, 5.41) is 23.5. The Kier molecular flexibility index (Phi) is 6.36. The molecule has 1 unspecified atom stereocenters. The zero-order valence-electron chi connectivity index (χ0n) is 21.8. The lowest BCUT2D eigenvalue weighted by atomic mass is 9.43. The maximum atomic E-state index is 12.4. The van der Waals surface area contributed by atoms with Crippen LogP contribution in [0.3, 0.4) is 0 Å². The summed E-state index contributed by atoms with van der Waals surface area (Å²) in [4.78, 5) is 15.9. The van der Waals surface area contributed by atoms with Crippen LogP contribution in [0.25, 0.3) is 0 Å². The van der Waals surface area contributed by atoms with Crippen LogP contribution in [0.1, 0.15) is 71.6 Å². The van der Waals surface area contributed by atoms with Gasteiger partial charge < -0.3 is 19.5 Å². The third-order valence-electron chi connectivity index (χ3n) is 11.4. The Hall–Kier alpha value is -1.31. The van der Waals surface area contributed by atoms with E-state index in [0.717, 1.165) is 37.0 Å². The Bertz CT molecular complexity index is 1010. The van der Waals surface area contributed by atoms with Gasteiger partial charge in [-0.1, -0.05) is 13.8 Å². The number of cyclic esters (lactones) is 1. The molecule has 1 aromatic rings. The number of fused-ring (bicyclic) bond motifs is 5. The smallest absolute Gasteiger partial charge is 0.331 e. The van der Waals surface area contributed by atoms with Gasteiger partial charge in [0, 0.05) is 34.9 Å². The summed E-state index contributed by atoms with van der Waals surface area (Å²) in [6.45, 7) is 5.87. The topological polar surface area (TPSA) is 84.6 Å². The van der Waals surface area contributed by atoms with E-state index in [0.29, 0.717) is 41.6 Å². The van der Waals surface area contributed by atoms with Gasteiger partial charge in [0.15, 0.2) is 0 Å². The van der Waals surface area contributed by atoms with Crippen molar-refractivity contribution in [3.8, 4) is 0 Å². The zero-order valence-corrected chi connectivity index (χ0v) is 22.6. The van der Waals surface area contributed by atoms with Crippen LogP contribution < -0.4 is 0 Å². The van der Waals surface area contributed by atoms with Crippen LogP contribution in [0, 0.1) is 34.5 Å². The summed E-state index contributed by atoms with van der Waals surface area (Å²) in [5.41, 5.74) is 0.625. The van der Waals surface area contributed by atoms with E-state index >= 15 is 0 Å². The van der Waals surface area contributed by atoms with Crippen molar-refractivity contribution in [1.29, 1.82) is 0 Å². The van der Waals surface area contributed by atoms with Gasteiger partial charge in [0.2, 0.25) is 0 Å². The molecule has 6 rings (SSSR count). The Balaban J connectivity index is 1.12. The number of carbonyl (C=O) groups excluding carboxylic acids is 1. The van der Waals surface area contributed by atoms with Crippen LogP contribution >= 0.6 is 11.8 Å². The Labute approximate surface area is 219 Å². The number of aromatic nitrogens is 2. The van der Waals surface area contributed by atoms with E-state index in [1.807, 2.05) is 22.5 Å². The molecule has 0 saturated heterocycles. The summed E-state index contributed by atoms with van der Waals surface area (Å²) in [6.07, 6.45) is 16.9. The second-order valence-electron chi connectivity index (χ2n) is 12.9. The van der Waals surface area contributed by atoms with Crippen molar-refractivity contribution >= 4 is 17.7 Å². The second kappa shape index (κ2) is 9.16. The third kappa shape index (κ3) is 3.90. The molecule has 7 heteroatoms. The van der Waals surface area contributed by atoms with Crippen LogP contribution in [-0.2, 0) is 16.1 Å². The molecule has 1 aliphatic heterocycles. The Morgan fingerprint density at radius 3 is 2.78 bits per heavy atom. The van der Waals surface area contributed by atoms with Crippen LogP contribution in [-0.4, -0.2) is 55.0 Å². The maximum absolute atomic E-state index is 12.4. The van der Waals surface area contributed by atoms with Crippen molar-refractivity contribution in [2.24, 2.45) is 34.5 Å². The number of esters is 1. The van der Waals surface area contributed by atoms with Crippen molar-refractivity contribution in [3.05, 3.63) is 30.4 Å². The zero-order chi connectivity index (χ0) is 25.1. The van der Waals surface area contributed by atoms with Crippen LogP contribution in [0.15, 0.2) is 30.4 Å². The number of carbonyl (C=O) groups is 1. The van der Waals surface area contributed by atoms with Crippen LogP contribution in [0.5, 0.6) is 0 Å². The number of hydrogen-bond acceptors (Lipinski definition) is 6. The molecule has 2 N–H and O–H groups in total. The molecule has 6 nitrogen and oxygen atoms in total. The minimum absolute atomic E-state index is 0.157. The van der Waals surface area contributed by atoms with Crippen LogP contribution in [0.2, 0.25) is 0 Å². The SMILES string of the molecule is C[C@]12CC[C@H](SCC(O)Cn3ccnc3)C[C@H]1CC[C@@H]1[C@@H]2CC[C@]2(C)[C@@H](C3=CC(=O)OC3)CC[C@]12O. The summed E-state index contributed by atoms with van der Waals surface area (Å²) < 4.78 is 7.22. The predicted molar refractivity (Wildman–Crippen MR) is 140 cm³/mol. The number of aliphatic hydroxyl groups excluding tert-OH is 1. The molecule has 4 saturated carbocycles. The molecule has 36 heavy (non-hydrogen) atoms. The fraction of sp³-hybridized carbons (Fsp3) is 0.793. The standard InChI is InChI=1S/C29H42N2O4S/c1-27-8-5-22(36-17-21(32)15-31-12-11-30-18-31)14-20(27)3-4-25-24(27)6-9-28(2)23(7-10-29(25,28)34)19-13-26(33)35-16-19/h11-13,18,20-25,32,34H,3-10,14-17H2,1-2H3/t20-,21?,22+,23-,24+,25-,27+,28-,29+/m1/s1. The highest BCUT2D eigenvalue weighted by Gasteiger charge is 2.67. The van der Waals surface area contributed by atoms with Crippen molar-refractivity contribution in [1.82, 2.24) is 9.55 Å². The number of nitrogens with zero attached hydrogens (tertiary/aromatic N) is 2.